The SMILES string of the molecule is O=C1CC(S(=O)(=O)F)CN1c1ncco1. The molecule has 0 spiro atoms. The maximum absolute atomic E-state index is 12.6. The number of hydrogen-bond acceptors (Lipinski definition) is 5. The van der Waals surface area contributed by atoms with E-state index in [2.05, 4.69) is 4.98 Å². The van der Waals surface area contributed by atoms with Gasteiger partial charge in [0.15, 0.2) is 0 Å². The van der Waals surface area contributed by atoms with Gasteiger partial charge in [0.05, 0.1) is 12.7 Å². The second kappa shape index (κ2) is 3.30. The van der Waals surface area contributed by atoms with E-state index in [1.807, 2.05) is 0 Å². The first-order valence-corrected chi connectivity index (χ1v) is 5.56. The van der Waals surface area contributed by atoms with Gasteiger partial charge in [0.1, 0.15) is 11.5 Å². The highest BCUT2D eigenvalue weighted by molar-refractivity contribution is 7.87. The molecule has 1 aliphatic rings. The highest BCUT2D eigenvalue weighted by Gasteiger charge is 2.40. The van der Waals surface area contributed by atoms with Gasteiger partial charge in [-0.05, 0) is 0 Å². The molecule has 15 heavy (non-hydrogen) atoms. The molecule has 0 N–H and O–H groups in total. The molecule has 2 heterocycles. The van der Waals surface area contributed by atoms with E-state index < -0.39 is 21.4 Å². The van der Waals surface area contributed by atoms with Crippen LogP contribution in [0.1, 0.15) is 6.42 Å². The first-order chi connectivity index (χ1) is 6.98. The second-order valence-electron chi connectivity index (χ2n) is 3.12. The summed E-state index contributed by atoms with van der Waals surface area (Å²) in [6.45, 7) is -0.252. The van der Waals surface area contributed by atoms with E-state index in [1.54, 1.807) is 0 Å². The normalized spacial score (nSPS) is 22.3. The van der Waals surface area contributed by atoms with E-state index in [0.29, 0.717) is 0 Å². The Labute approximate surface area is 84.9 Å². The van der Waals surface area contributed by atoms with Crippen molar-refractivity contribution in [1.82, 2.24) is 4.98 Å². The van der Waals surface area contributed by atoms with Gasteiger partial charge >= 0.3 is 16.2 Å². The first-order valence-electron chi connectivity index (χ1n) is 4.12. The zero-order valence-electron chi connectivity index (χ0n) is 7.46. The molecule has 0 bridgehead atoms. The van der Waals surface area contributed by atoms with Gasteiger partial charge in [0.2, 0.25) is 5.91 Å². The lowest BCUT2D eigenvalue weighted by Crippen LogP contribution is -2.27. The average molecular weight is 234 g/mol. The minimum absolute atomic E-state index is 0.00819. The summed E-state index contributed by atoms with van der Waals surface area (Å²) in [7, 11) is -4.69. The molecule has 1 amide bonds. The van der Waals surface area contributed by atoms with Crippen LogP contribution in [0.4, 0.5) is 9.90 Å². The topological polar surface area (TPSA) is 80.5 Å². The van der Waals surface area contributed by atoms with Crippen molar-refractivity contribution in [2.75, 3.05) is 11.4 Å². The molecule has 8 heteroatoms. The van der Waals surface area contributed by atoms with Crippen molar-refractivity contribution in [1.29, 1.82) is 0 Å². The predicted octanol–water partition coefficient (Wildman–Crippen LogP) is 0.0792. The first kappa shape index (κ1) is 10.1. The minimum atomic E-state index is -4.69. The molecule has 1 fully saturated rings. The second-order valence-corrected chi connectivity index (χ2v) is 4.74. The number of aromatic nitrogens is 1. The monoisotopic (exact) mass is 234 g/mol. The third-order valence-electron chi connectivity index (χ3n) is 2.14. The summed E-state index contributed by atoms with van der Waals surface area (Å²) in [4.78, 5) is 16.0. The van der Waals surface area contributed by atoms with Crippen LogP contribution in [0.2, 0.25) is 0 Å². The third kappa shape index (κ3) is 1.84. The molecular formula is C7H7FN2O4S. The molecule has 1 unspecified atom stereocenters. The molecule has 1 aliphatic heterocycles. The minimum Gasteiger partial charge on any atom is -0.432 e. The standard InChI is InChI=1S/C7H7FN2O4S/c8-15(12,13)5-3-6(11)10(4-5)7-9-1-2-14-7/h1-2,5H,3-4H2. The number of oxazole rings is 1. The quantitative estimate of drug-likeness (QED) is 0.677. The lowest BCUT2D eigenvalue weighted by molar-refractivity contribution is -0.117. The number of anilines is 1. The number of carbonyl (C=O) groups excluding carboxylic acids is 1. The lowest BCUT2D eigenvalue weighted by Gasteiger charge is -2.09. The molecule has 0 aliphatic carbocycles. The molecule has 1 atom stereocenters. The van der Waals surface area contributed by atoms with Crippen molar-refractivity contribution >= 4 is 22.1 Å². The molecule has 2 rings (SSSR count). The summed E-state index contributed by atoms with van der Waals surface area (Å²) in [6, 6.07) is -0.00819. The van der Waals surface area contributed by atoms with Crippen LogP contribution in [-0.2, 0) is 15.0 Å². The van der Waals surface area contributed by atoms with Gasteiger partial charge in [-0.25, -0.2) is 4.98 Å². The van der Waals surface area contributed by atoms with Crippen LogP contribution >= 0.6 is 0 Å². The van der Waals surface area contributed by atoms with E-state index in [-0.39, 0.29) is 19.0 Å². The van der Waals surface area contributed by atoms with Crippen molar-refractivity contribution in [2.45, 2.75) is 11.7 Å². The largest absolute Gasteiger partial charge is 0.432 e. The highest BCUT2D eigenvalue weighted by Crippen LogP contribution is 2.24. The predicted molar refractivity (Wildman–Crippen MR) is 47.3 cm³/mol. The van der Waals surface area contributed by atoms with Gasteiger partial charge < -0.3 is 4.42 Å². The van der Waals surface area contributed by atoms with Crippen LogP contribution in [0.15, 0.2) is 16.9 Å². The van der Waals surface area contributed by atoms with Crippen molar-refractivity contribution in [2.24, 2.45) is 0 Å². The number of hydrogen-bond donors (Lipinski definition) is 0. The van der Waals surface area contributed by atoms with Gasteiger partial charge in [-0.15, -0.1) is 3.89 Å². The Kier molecular flexibility index (Phi) is 2.22. The zero-order chi connectivity index (χ0) is 11.1. The van der Waals surface area contributed by atoms with Gasteiger partial charge in [0.25, 0.3) is 0 Å². The average Bonchev–Trinajstić information content (AvgIpc) is 2.69. The molecule has 0 saturated carbocycles. The van der Waals surface area contributed by atoms with Gasteiger partial charge in [0, 0.05) is 6.42 Å². The molecule has 0 aromatic carbocycles. The maximum atomic E-state index is 12.6. The van der Waals surface area contributed by atoms with Gasteiger partial charge in [-0.2, -0.15) is 8.42 Å². The molecule has 6 nitrogen and oxygen atoms in total. The Balaban J connectivity index is 2.23. The van der Waals surface area contributed by atoms with Crippen LogP contribution in [-0.4, -0.2) is 31.1 Å². The van der Waals surface area contributed by atoms with Crippen LogP contribution in [0.5, 0.6) is 0 Å². The summed E-state index contributed by atoms with van der Waals surface area (Å²) < 4.78 is 38.6. The molecule has 0 radical (unpaired) electrons. The molecule has 1 aromatic rings. The molecule has 1 aromatic heterocycles. The van der Waals surface area contributed by atoms with Crippen molar-refractivity contribution in [3.63, 3.8) is 0 Å². The van der Waals surface area contributed by atoms with E-state index in [1.165, 1.54) is 12.5 Å². The Morgan fingerprint density at radius 1 is 1.60 bits per heavy atom. The smallest absolute Gasteiger partial charge is 0.307 e. The molecular weight excluding hydrogens is 227 g/mol. The summed E-state index contributed by atoms with van der Waals surface area (Å²) in [6.07, 6.45) is 2.20. The number of rotatable bonds is 2. The summed E-state index contributed by atoms with van der Waals surface area (Å²) in [5, 5.41) is -1.32. The van der Waals surface area contributed by atoms with Gasteiger partial charge in [-0.1, -0.05) is 0 Å². The van der Waals surface area contributed by atoms with Gasteiger partial charge in [-0.3, -0.25) is 9.69 Å². The number of amides is 1. The lowest BCUT2D eigenvalue weighted by atomic mass is 10.4. The van der Waals surface area contributed by atoms with Crippen LogP contribution in [0.3, 0.4) is 0 Å². The fourth-order valence-corrected chi connectivity index (χ4v) is 2.07. The van der Waals surface area contributed by atoms with E-state index in [4.69, 9.17) is 4.42 Å². The van der Waals surface area contributed by atoms with Crippen molar-refractivity contribution < 1.29 is 21.5 Å². The van der Waals surface area contributed by atoms with Crippen LogP contribution in [0, 0.1) is 0 Å². The number of nitrogens with zero attached hydrogens (tertiary/aromatic N) is 2. The summed E-state index contributed by atoms with van der Waals surface area (Å²) in [5.74, 6) is -0.510. The number of halogens is 1. The molecule has 1 saturated heterocycles. The van der Waals surface area contributed by atoms with E-state index in [9.17, 15) is 17.1 Å². The van der Waals surface area contributed by atoms with Crippen LogP contribution < -0.4 is 4.90 Å². The fraction of sp³-hybridized carbons (Fsp3) is 0.429. The Hall–Kier alpha value is -1.44. The summed E-state index contributed by atoms with van der Waals surface area (Å²) >= 11 is 0. The third-order valence-corrected chi connectivity index (χ3v) is 3.25. The number of carbonyl (C=O) groups is 1. The Morgan fingerprint density at radius 3 is 2.80 bits per heavy atom. The maximum Gasteiger partial charge on any atom is 0.307 e. The Morgan fingerprint density at radius 2 is 2.33 bits per heavy atom. The molecule has 82 valence electrons. The fourth-order valence-electron chi connectivity index (χ4n) is 1.40. The van der Waals surface area contributed by atoms with Crippen LogP contribution in [0.25, 0.3) is 0 Å². The van der Waals surface area contributed by atoms with E-state index in [0.717, 1.165) is 4.90 Å². The van der Waals surface area contributed by atoms with E-state index >= 15 is 0 Å². The van der Waals surface area contributed by atoms with Crippen molar-refractivity contribution in [3.05, 3.63) is 12.5 Å². The Bertz CT molecular complexity index is 469. The van der Waals surface area contributed by atoms with Crippen molar-refractivity contribution in [3.8, 4) is 0 Å². The highest BCUT2D eigenvalue weighted by atomic mass is 32.3. The zero-order valence-corrected chi connectivity index (χ0v) is 8.28. The summed E-state index contributed by atoms with van der Waals surface area (Å²) in [5.41, 5.74) is 0.